The van der Waals surface area contributed by atoms with E-state index in [9.17, 15) is 14.4 Å². The molecule has 2 aliphatic rings. The van der Waals surface area contributed by atoms with Crippen molar-refractivity contribution in [2.75, 3.05) is 26.7 Å². The molecule has 1 atom stereocenters. The Hall–Kier alpha value is -2.45. The summed E-state index contributed by atoms with van der Waals surface area (Å²) in [6.07, 6.45) is 3.78. The summed E-state index contributed by atoms with van der Waals surface area (Å²) in [5, 5.41) is 5.72. The normalized spacial score (nSPS) is 21.7. The molecule has 156 valence electrons. The number of nitrogens with zero attached hydrogens (tertiary/aromatic N) is 3. The third kappa shape index (κ3) is 3.74. The van der Waals surface area contributed by atoms with Crippen LogP contribution in [0.25, 0.3) is 11.0 Å². The number of imide groups is 1. The zero-order valence-corrected chi connectivity index (χ0v) is 17.1. The average Bonchev–Trinajstić information content (AvgIpc) is 2.98. The van der Waals surface area contributed by atoms with Crippen molar-refractivity contribution in [3.8, 4) is 0 Å². The second kappa shape index (κ2) is 8.12. The van der Waals surface area contributed by atoms with Crippen molar-refractivity contribution in [2.24, 2.45) is 7.05 Å². The molecule has 1 aromatic carbocycles. The molecule has 2 aromatic rings. The summed E-state index contributed by atoms with van der Waals surface area (Å²) in [5.74, 6) is -0.670. The molecule has 2 amide bonds. The molecule has 0 bridgehead atoms. The Bertz CT molecular complexity index is 984. The van der Waals surface area contributed by atoms with Gasteiger partial charge >= 0.3 is 5.69 Å². The lowest BCUT2D eigenvalue weighted by Crippen LogP contribution is -2.44. The molecule has 29 heavy (non-hydrogen) atoms. The van der Waals surface area contributed by atoms with Gasteiger partial charge in [0, 0.05) is 26.1 Å². The summed E-state index contributed by atoms with van der Waals surface area (Å²) >= 11 is 0. The van der Waals surface area contributed by atoms with Crippen molar-refractivity contribution < 1.29 is 9.59 Å². The van der Waals surface area contributed by atoms with E-state index in [0.29, 0.717) is 12.5 Å². The minimum absolute atomic E-state index is 0.211. The van der Waals surface area contributed by atoms with Crippen LogP contribution in [0.15, 0.2) is 23.0 Å². The molecule has 3 heterocycles. The van der Waals surface area contributed by atoms with E-state index in [0.717, 1.165) is 55.5 Å². The molecule has 0 spiro atoms. The molecule has 2 N–H and O–H groups in total. The number of hydrogen-bond donors (Lipinski definition) is 2. The number of amides is 2. The number of carbonyl (C=O) groups excluding carboxylic acids is 2. The number of para-hydroxylation sites is 1. The summed E-state index contributed by atoms with van der Waals surface area (Å²) < 4.78 is 3.20. The van der Waals surface area contributed by atoms with Gasteiger partial charge < -0.3 is 10.2 Å². The molecular weight excluding hydrogens is 370 g/mol. The van der Waals surface area contributed by atoms with Gasteiger partial charge in [-0.3, -0.25) is 24.0 Å². The Morgan fingerprint density at radius 2 is 1.90 bits per heavy atom. The van der Waals surface area contributed by atoms with Crippen LogP contribution in [-0.4, -0.2) is 58.6 Å². The Morgan fingerprint density at radius 3 is 2.59 bits per heavy atom. The zero-order chi connectivity index (χ0) is 20.5. The van der Waals surface area contributed by atoms with Gasteiger partial charge in [0.1, 0.15) is 6.04 Å². The van der Waals surface area contributed by atoms with E-state index in [1.807, 2.05) is 19.2 Å². The van der Waals surface area contributed by atoms with Crippen LogP contribution in [0.1, 0.15) is 37.3 Å². The summed E-state index contributed by atoms with van der Waals surface area (Å²) in [5.41, 5.74) is 2.55. The van der Waals surface area contributed by atoms with Crippen LogP contribution in [0.4, 0.5) is 0 Å². The lowest BCUT2D eigenvalue weighted by atomic mass is 10.0. The van der Waals surface area contributed by atoms with Gasteiger partial charge in [-0.2, -0.15) is 0 Å². The zero-order valence-electron chi connectivity index (χ0n) is 17.1. The maximum Gasteiger partial charge on any atom is 0.329 e. The van der Waals surface area contributed by atoms with Crippen LogP contribution in [0, 0.1) is 0 Å². The van der Waals surface area contributed by atoms with Crippen LogP contribution in [0.2, 0.25) is 0 Å². The average molecular weight is 399 g/mol. The standard InChI is InChI=1S/C21H29N5O3/c1-22-15-9-12-25(13-10-15)11-8-14-4-3-5-16-19(14)24(2)21(29)26(16)17-6-7-18(27)23-20(17)28/h3-5,15,17,22H,6-13H2,1-2H3,(H,23,27,28). The van der Waals surface area contributed by atoms with Crippen molar-refractivity contribution >= 4 is 22.8 Å². The molecule has 0 radical (unpaired) electrons. The molecule has 4 rings (SSSR count). The van der Waals surface area contributed by atoms with Gasteiger partial charge in [-0.25, -0.2) is 4.79 Å². The SMILES string of the molecule is CNC1CCN(CCc2cccc3c2n(C)c(=O)n3C2CCC(=O)NC2=O)CC1. The maximum atomic E-state index is 13.0. The molecule has 1 unspecified atom stereocenters. The molecule has 8 heteroatoms. The number of aromatic nitrogens is 2. The van der Waals surface area contributed by atoms with Gasteiger partial charge in [0.15, 0.2) is 0 Å². The van der Waals surface area contributed by atoms with Crippen molar-refractivity contribution in [2.45, 2.75) is 44.2 Å². The first-order valence-electron chi connectivity index (χ1n) is 10.4. The minimum Gasteiger partial charge on any atom is -0.317 e. The highest BCUT2D eigenvalue weighted by molar-refractivity contribution is 6.00. The highest BCUT2D eigenvalue weighted by Crippen LogP contribution is 2.25. The lowest BCUT2D eigenvalue weighted by Gasteiger charge is -2.31. The van der Waals surface area contributed by atoms with E-state index in [-0.39, 0.29) is 18.0 Å². The van der Waals surface area contributed by atoms with Crippen molar-refractivity contribution in [1.82, 2.24) is 24.7 Å². The largest absolute Gasteiger partial charge is 0.329 e. The summed E-state index contributed by atoms with van der Waals surface area (Å²) in [4.78, 5) is 39.3. The van der Waals surface area contributed by atoms with Crippen LogP contribution in [-0.2, 0) is 23.1 Å². The van der Waals surface area contributed by atoms with E-state index in [1.165, 1.54) is 0 Å². The molecule has 2 fully saturated rings. The number of likely N-dealkylation sites (tertiary alicyclic amines) is 1. The van der Waals surface area contributed by atoms with Crippen LogP contribution < -0.4 is 16.3 Å². The molecule has 0 aliphatic carbocycles. The number of benzene rings is 1. The van der Waals surface area contributed by atoms with Gasteiger partial charge in [0.05, 0.1) is 11.0 Å². The van der Waals surface area contributed by atoms with Crippen LogP contribution in [0.3, 0.4) is 0 Å². The first-order valence-corrected chi connectivity index (χ1v) is 10.4. The molecule has 2 aliphatic heterocycles. The van der Waals surface area contributed by atoms with Crippen molar-refractivity contribution in [3.05, 3.63) is 34.2 Å². The Morgan fingerprint density at radius 1 is 1.14 bits per heavy atom. The van der Waals surface area contributed by atoms with E-state index in [1.54, 1.807) is 16.2 Å². The van der Waals surface area contributed by atoms with Gasteiger partial charge in [-0.15, -0.1) is 0 Å². The summed E-state index contributed by atoms with van der Waals surface area (Å²) in [6, 6.07) is 5.88. The quantitative estimate of drug-likeness (QED) is 0.717. The van der Waals surface area contributed by atoms with Crippen molar-refractivity contribution in [3.63, 3.8) is 0 Å². The predicted octanol–water partition coefficient (Wildman–Crippen LogP) is 0.544. The van der Waals surface area contributed by atoms with Gasteiger partial charge in [0.25, 0.3) is 0 Å². The maximum absolute atomic E-state index is 13.0. The molecule has 0 saturated carbocycles. The highest BCUT2D eigenvalue weighted by Gasteiger charge is 2.31. The Kier molecular flexibility index (Phi) is 5.56. The second-order valence-electron chi connectivity index (χ2n) is 8.12. The van der Waals surface area contributed by atoms with Gasteiger partial charge in [0.2, 0.25) is 11.8 Å². The molecule has 1 aromatic heterocycles. The van der Waals surface area contributed by atoms with E-state index in [4.69, 9.17) is 0 Å². The van der Waals surface area contributed by atoms with E-state index < -0.39 is 11.9 Å². The highest BCUT2D eigenvalue weighted by atomic mass is 16.2. The number of piperidine rings is 2. The summed E-state index contributed by atoms with van der Waals surface area (Å²) in [6.45, 7) is 3.11. The summed E-state index contributed by atoms with van der Waals surface area (Å²) in [7, 11) is 3.78. The Balaban J connectivity index is 1.60. The van der Waals surface area contributed by atoms with E-state index >= 15 is 0 Å². The monoisotopic (exact) mass is 399 g/mol. The van der Waals surface area contributed by atoms with Crippen LogP contribution in [0.5, 0.6) is 0 Å². The fourth-order valence-corrected chi connectivity index (χ4v) is 4.67. The number of hydrogen-bond acceptors (Lipinski definition) is 5. The minimum atomic E-state index is -0.639. The molecule has 8 nitrogen and oxygen atoms in total. The van der Waals surface area contributed by atoms with Gasteiger partial charge in [-0.1, -0.05) is 12.1 Å². The van der Waals surface area contributed by atoms with E-state index in [2.05, 4.69) is 21.6 Å². The first kappa shape index (κ1) is 19.8. The third-order valence-corrected chi connectivity index (χ3v) is 6.40. The number of imidazole rings is 1. The molecule has 2 saturated heterocycles. The third-order valence-electron chi connectivity index (χ3n) is 6.40. The predicted molar refractivity (Wildman–Crippen MR) is 111 cm³/mol. The lowest BCUT2D eigenvalue weighted by molar-refractivity contribution is -0.135. The topological polar surface area (TPSA) is 88.4 Å². The number of aryl methyl sites for hydroxylation is 1. The second-order valence-corrected chi connectivity index (χ2v) is 8.12. The number of fused-ring (bicyclic) bond motifs is 1. The smallest absolute Gasteiger partial charge is 0.317 e. The molecular formula is C21H29N5O3. The Labute approximate surface area is 169 Å². The fourth-order valence-electron chi connectivity index (χ4n) is 4.67. The number of carbonyl (C=O) groups is 2. The van der Waals surface area contributed by atoms with Gasteiger partial charge in [-0.05, 0) is 57.5 Å². The number of nitrogens with one attached hydrogen (secondary N) is 2. The number of rotatable bonds is 5. The van der Waals surface area contributed by atoms with Crippen molar-refractivity contribution in [1.29, 1.82) is 0 Å². The van der Waals surface area contributed by atoms with Crippen LogP contribution >= 0.6 is 0 Å². The first-order chi connectivity index (χ1) is 14.0. The fraction of sp³-hybridized carbons (Fsp3) is 0.571.